The lowest BCUT2D eigenvalue weighted by atomic mass is 9.99. The third-order valence-corrected chi connectivity index (χ3v) is 4.51. The molecule has 0 aliphatic carbocycles. The summed E-state index contributed by atoms with van der Waals surface area (Å²) in [5.74, 6) is -1.23. The molecule has 2 aromatic rings. The van der Waals surface area contributed by atoms with Crippen LogP contribution in [0.15, 0.2) is 22.8 Å². The third-order valence-electron chi connectivity index (χ3n) is 3.72. The van der Waals surface area contributed by atoms with Gasteiger partial charge in [0.25, 0.3) is 0 Å². The van der Waals surface area contributed by atoms with Gasteiger partial charge in [0.2, 0.25) is 6.29 Å². The zero-order valence-electron chi connectivity index (χ0n) is 11.9. The molecule has 2 heterocycles. The van der Waals surface area contributed by atoms with Crippen molar-refractivity contribution in [3.8, 4) is 5.75 Å². The Morgan fingerprint density at radius 3 is 2.62 bits per heavy atom. The van der Waals surface area contributed by atoms with Gasteiger partial charge < -0.3 is 34.9 Å². The summed E-state index contributed by atoms with van der Waals surface area (Å²) < 4.78 is 11.1. The summed E-state index contributed by atoms with van der Waals surface area (Å²) >= 11 is 9.18. The second-order valence-corrected chi connectivity index (χ2v) is 6.54. The summed E-state index contributed by atoms with van der Waals surface area (Å²) in [4.78, 5) is 14.1. The first kappa shape index (κ1) is 17.5. The van der Waals surface area contributed by atoms with Crippen molar-refractivity contribution in [2.24, 2.45) is 0 Å². The maximum Gasteiger partial charge on any atom is 0.335 e. The predicted octanol–water partition coefficient (Wildman–Crippen LogP) is 0.855. The van der Waals surface area contributed by atoms with E-state index in [1.807, 2.05) is 0 Å². The minimum Gasteiger partial charge on any atom is -0.479 e. The number of H-pyrrole nitrogens is 1. The lowest BCUT2D eigenvalue weighted by Crippen LogP contribution is -2.61. The minimum absolute atomic E-state index is 0.249. The molecule has 1 saturated heterocycles. The minimum atomic E-state index is -1.78. The van der Waals surface area contributed by atoms with Crippen LogP contribution in [0.3, 0.4) is 0 Å². The fourth-order valence-electron chi connectivity index (χ4n) is 2.49. The number of benzene rings is 1. The number of hydrogen-bond acceptors (Lipinski definition) is 6. The Labute approximate surface area is 148 Å². The van der Waals surface area contributed by atoms with Crippen LogP contribution in [0.1, 0.15) is 0 Å². The van der Waals surface area contributed by atoms with Gasteiger partial charge in [-0.15, -0.1) is 0 Å². The van der Waals surface area contributed by atoms with Gasteiger partial charge in [-0.1, -0.05) is 11.6 Å². The zero-order chi connectivity index (χ0) is 17.6. The molecule has 1 aromatic carbocycles. The number of carbonyl (C=O) groups is 1. The number of halogens is 2. The van der Waals surface area contributed by atoms with Crippen molar-refractivity contribution in [3.63, 3.8) is 0 Å². The number of hydrogen-bond donors (Lipinski definition) is 5. The first-order valence-electron chi connectivity index (χ1n) is 6.85. The lowest BCUT2D eigenvalue weighted by molar-refractivity contribution is -0.271. The highest BCUT2D eigenvalue weighted by Crippen LogP contribution is 2.37. The van der Waals surface area contributed by atoms with Gasteiger partial charge in [0.05, 0.1) is 5.52 Å². The molecule has 1 fully saturated rings. The van der Waals surface area contributed by atoms with Crippen molar-refractivity contribution in [2.45, 2.75) is 30.7 Å². The SMILES string of the molecule is O=C(O)[C@H]1O[C@@H](Oc2c(Br)[nH]c3cc(Cl)ccc23)[C@H](O)[C@@H](O)[C@@H]1O. The lowest BCUT2D eigenvalue weighted by Gasteiger charge is -2.38. The second kappa shape index (κ2) is 6.51. The van der Waals surface area contributed by atoms with Gasteiger partial charge in [0.15, 0.2) is 11.9 Å². The molecule has 24 heavy (non-hydrogen) atoms. The molecule has 10 heteroatoms. The molecule has 1 aliphatic heterocycles. The zero-order valence-corrected chi connectivity index (χ0v) is 14.2. The molecule has 5 N–H and O–H groups in total. The number of aromatic nitrogens is 1. The number of carboxylic acid groups (broad SMARTS) is 1. The van der Waals surface area contributed by atoms with E-state index >= 15 is 0 Å². The van der Waals surface area contributed by atoms with Crippen LogP contribution in [-0.4, -0.2) is 62.1 Å². The van der Waals surface area contributed by atoms with Crippen molar-refractivity contribution in [1.29, 1.82) is 0 Å². The largest absolute Gasteiger partial charge is 0.479 e. The second-order valence-electron chi connectivity index (χ2n) is 5.31. The molecule has 0 bridgehead atoms. The average molecular weight is 423 g/mol. The summed E-state index contributed by atoms with van der Waals surface area (Å²) in [7, 11) is 0. The third kappa shape index (κ3) is 2.99. The quantitative estimate of drug-likeness (QED) is 0.495. The predicted molar refractivity (Wildman–Crippen MR) is 86.0 cm³/mol. The summed E-state index contributed by atoms with van der Waals surface area (Å²) in [6, 6.07) is 4.96. The summed E-state index contributed by atoms with van der Waals surface area (Å²) in [5, 5.41) is 39.7. The number of aromatic amines is 1. The Bertz CT molecular complexity index is 782. The number of ether oxygens (including phenoxy) is 2. The van der Waals surface area contributed by atoms with Crippen LogP contribution in [0.4, 0.5) is 0 Å². The van der Waals surface area contributed by atoms with E-state index < -0.39 is 36.7 Å². The van der Waals surface area contributed by atoms with Gasteiger partial charge in [-0.2, -0.15) is 0 Å². The molecule has 0 radical (unpaired) electrons. The van der Waals surface area contributed by atoms with Crippen molar-refractivity contribution < 1.29 is 34.7 Å². The maximum atomic E-state index is 11.1. The van der Waals surface area contributed by atoms with Gasteiger partial charge >= 0.3 is 5.97 Å². The number of fused-ring (bicyclic) bond motifs is 1. The van der Waals surface area contributed by atoms with Gasteiger partial charge in [-0.05, 0) is 34.1 Å². The molecule has 0 spiro atoms. The van der Waals surface area contributed by atoms with E-state index in [0.717, 1.165) is 0 Å². The number of nitrogens with one attached hydrogen (secondary N) is 1. The van der Waals surface area contributed by atoms with Crippen molar-refractivity contribution in [3.05, 3.63) is 27.8 Å². The summed E-state index contributed by atoms with van der Waals surface area (Å²) in [6.07, 6.45) is -8.37. The number of rotatable bonds is 3. The highest BCUT2D eigenvalue weighted by atomic mass is 79.9. The first-order valence-corrected chi connectivity index (χ1v) is 8.02. The normalized spacial score (nSPS) is 30.5. The van der Waals surface area contributed by atoms with Gasteiger partial charge in [0, 0.05) is 10.4 Å². The average Bonchev–Trinajstić information content (AvgIpc) is 2.82. The van der Waals surface area contributed by atoms with Crippen LogP contribution in [-0.2, 0) is 9.53 Å². The van der Waals surface area contributed by atoms with Crippen LogP contribution in [0, 0.1) is 0 Å². The molecule has 0 amide bonds. The topological polar surface area (TPSA) is 132 Å². The Morgan fingerprint density at radius 2 is 1.96 bits per heavy atom. The number of aliphatic hydroxyl groups excluding tert-OH is 3. The van der Waals surface area contributed by atoms with Crippen LogP contribution in [0.5, 0.6) is 5.75 Å². The molecule has 5 atom stereocenters. The summed E-state index contributed by atoms with van der Waals surface area (Å²) in [6.45, 7) is 0. The van der Waals surface area contributed by atoms with E-state index in [4.69, 9.17) is 26.2 Å². The van der Waals surface area contributed by atoms with E-state index in [2.05, 4.69) is 20.9 Å². The smallest absolute Gasteiger partial charge is 0.335 e. The van der Waals surface area contributed by atoms with Crippen molar-refractivity contribution in [1.82, 2.24) is 4.98 Å². The molecular weight excluding hydrogens is 410 g/mol. The van der Waals surface area contributed by atoms with Crippen LogP contribution in [0.2, 0.25) is 5.02 Å². The van der Waals surface area contributed by atoms with E-state index in [9.17, 15) is 20.1 Å². The molecule has 0 saturated carbocycles. The van der Waals surface area contributed by atoms with Crippen LogP contribution in [0.25, 0.3) is 10.9 Å². The highest BCUT2D eigenvalue weighted by molar-refractivity contribution is 9.10. The Morgan fingerprint density at radius 1 is 1.25 bits per heavy atom. The van der Waals surface area contributed by atoms with E-state index in [0.29, 0.717) is 20.5 Å². The standard InChI is InChI=1S/C14H13BrClNO7/c15-12-10(5-2-1-4(16)3-6(5)17-12)23-14-9(20)7(18)8(19)11(24-14)13(21)22/h1-3,7-9,11,14,17-20H,(H,21,22)/t7-,8-,9+,11-,14+/m0/s1. The number of carboxylic acids is 1. The monoisotopic (exact) mass is 421 g/mol. The molecule has 0 unspecified atom stereocenters. The van der Waals surface area contributed by atoms with Crippen molar-refractivity contribution in [2.75, 3.05) is 0 Å². The molecular formula is C14H13BrClNO7. The van der Waals surface area contributed by atoms with Gasteiger partial charge in [-0.3, -0.25) is 0 Å². The van der Waals surface area contributed by atoms with E-state index in [-0.39, 0.29) is 5.75 Å². The molecule has 130 valence electrons. The molecule has 8 nitrogen and oxygen atoms in total. The molecule has 3 rings (SSSR count). The number of aliphatic hydroxyl groups is 3. The Kier molecular flexibility index (Phi) is 4.73. The van der Waals surface area contributed by atoms with Gasteiger partial charge in [0.1, 0.15) is 22.9 Å². The van der Waals surface area contributed by atoms with Crippen molar-refractivity contribution >= 4 is 44.4 Å². The van der Waals surface area contributed by atoms with Crippen LogP contribution >= 0.6 is 27.5 Å². The van der Waals surface area contributed by atoms with Gasteiger partial charge in [-0.25, -0.2) is 4.79 Å². The first-order chi connectivity index (χ1) is 11.3. The fourth-order valence-corrected chi connectivity index (χ4v) is 3.18. The van der Waals surface area contributed by atoms with E-state index in [1.54, 1.807) is 18.2 Å². The van der Waals surface area contributed by atoms with Crippen LogP contribution < -0.4 is 4.74 Å². The Hall–Kier alpha value is -1.36. The Balaban J connectivity index is 1.92. The van der Waals surface area contributed by atoms with E-state index in [1.165, 1.54) is 0 Å². The molecule has 1 aromatic heterocycles. The highest BCUT2D eigenvalue weighted by Gasteiger charge is 2.48. The number of aliphatic carboxylic acids is 1. The molecule has 1 aliphatic rings. The summed E-state index contributed by atoms with van der Waals surface area (Å²) in [5.41, 5.74) is 0.644. The fraction of sp³-hybridized carbons (Fsp3) is 0.357. The maximum absolute atomic E-state index is 11.1.